The van der Waals surface area contributed by atoms with Gasteiger partial charge >= 0.3 is 0 Å². The molecule has 0 heterocycles. The Morgan fingerprint density at radius 2 is 2.07 bits per heavy atom. The molecule has 4 N–H and O–H groups in total. The number of guanidine groups is 1. The molecular formula is C10H21N3O. The van der Waals surface area contributed by atoms with Crippen LogP contribution in [0.5, 0.6) is 0 Å². The molecule has 1 aliphatic rings. The zero-order chi connectivity index (χ0) is 10.4. The van der Waals surface area contributed by atoms with Gasteiger partial charge in [-0.3, -0.25) is 10.2 Å². The molecule has 0 aliphatic heterocycles. The lowest BCUT2D eigenvalue weighted by molar-refractivity contribution is 0.232. The number of nitrogens with zero attached hydrogens (tertiary/aromatic N) is 1. The van der Waals surface area contributed by atoms with Crippen LogP contribution >= 0.6 is 0 Å². The van der Waals surface area contributed by atoms with Gasteiger partial charge in [-0.2, -0.15) is 0 Å². The Morgan fingerprint density at radius 3 is 2.64 bits per heavy atom. The van der Waals surface area contributed by atoms with E-state index in [4.69, 9.17) is 10.9 Å². The lowest BCUT2D eigenvalue weighted by Gasteiger charge is -2.25. The summed E-state index contributed by atoms with van der Waals surface area (Å²) in [5, 5.41) is 8.40. The van der Waals surface area contributed by atoms with E-state index >= 15 is 0 Å². The standard InChI is InChI=1S/C10H21N3O/c1-8-2-4-9(5-3-8)6-7-12-10(11)13-14/h8-9,14H,2-7H2,1H3,(H3,11,12,13). The van der Waals surface area contributed by atoms with Crippen LogP contribution < -0.4 is 11.2 Å². The third-order valence-electron chi connectivity index (χ3n) is 3.07. The Morgan fingerprint density at radius 1 is 1.43 bits per heavy atom. The average Bonchev–Trinajstić information content (AvgIpc) is 2.21. The van der Waals surface area contributed by atoms with E-state index in [1.54, 1.807) is 0 Å². The molecule has 0 amide bonds. The minimum Gasteiger partial charge on any atom is -0.368 e. The third-order valence-corrected chi connectivity index (χ3v) is 3.07. The topological polar surface area (TPSA) is 70.6 Å². The number of hydroxylamine groups is 1. The number of aliphatic imine (C=N–C) groups is 1. The minimum absolute atomic E-state index is 0.120. The summed E-state index contributed by atoms with van der Waals surface area (Å²) in [5.41, 5.74) is 7.14. The highest BCUT2D eigenvalue weighted by atomic mass is 16.5. The molecule has 4 nitrogen and oxygen atoms in total. The van der Waals surface area contributed by atoms with Crippen molar-refractivity contribution < 1.29 is 5.21 Å². The van der Waals surface area contributed by atoms with E-state index in [9.17, 15) is 0 Å². The highest BCUT2D eigenvalue weighted by Crippen LogP contribution is 2.30. The number of hydrogen-bond acceptors (Lipinski definition) is 2. The zero-order valence-corrected chi connectivity index (χ0v) is 8.87. The summed E-state index contributed by atoms with van der Waals surface area (Å²) in [6, 6.07) is 0. The van der Waals surface area contributed by atoms with E-state index in [-0.39, 0.29) is 5.96 Å². The maximum Gasteiger partial charge on any atom is 0.212 e. The Labute approximate surface area is 85.6 Å². The molecule has 0 aromatic carbocycles. The van der Waals surface area contributed by atoms with E-state index < -0.39 is 0 Å². The maximum absolute atomic E-state index is 8.40. The average molecular weight is 199 g/mol. The van der Waals surface area contributed by atoms with Crippen molar-refractivity contribution in [2.75, 3.05) is 6.54 Å². The van der Waals surface area contributed by atoms with Crippen molar-refractivity contribution in [2.45, 2.75) is 39.0 Å². The Hall–Kier alpha value is -0.770. The van der Waals surface area contributed by atoms with Gasteiger partial charge in [-0.25, -0.2) is 5.48 Å². The summed E-state index contributed by atoms with van der Waals surface area (Å²) in [4.78, 5) is 3.99. The van der Waals surface area contributed by atoms with Crippen molar-refractivity contribution in [3.63, 3.8) is 0 Å². The smallest absolute Gasteiger partial charge is 0.212 e. The molecule has 0 bridgehead atoms. The van der Waals surface area contributed by atoms with Crippen LogP contribution in [0.1, 0.15) is 39.0 Å². The van der Waals surface area contributed by atoms with E-state index in [2.05, 4.69) is 11.9 Å². The van der Waals surface area contributed by atoms with E-state index in [1.165, 1.54) is 25.7 Å². The molecule has 0 aromatic heterocycles. The number of hydrogen-bond donors (Lipinski definition) is 3. The van der Waals surface area contributed by atoms with Crippen molar-refractivity contribution in [1.29, 1.82) is 0 Å². The zero-order valence-electron chi connectivity index (χ0n) is 8.87. The summed E-state index contributed by atoms with van der Waals surface area (Å²) in [5.74, 6) is 1.83. The van der Waals surface area contributed by atoms with Gasteiger partial charge in [0, 0.05) is 6.54 Å². The first-order chi connectivity index (χ1) is 6.72. The van der Waals surface area contributed by atoms with Crippen LogP contribution in [0.15, 0.2) is 4.99 Å². The lowest BCUT2D eigenvalue weighted by atomic mass is 9.81. The van der Waals surface area contributed by atoms with Crippen LogP contribution in [-0.2, 0) is 0 Å². The first kappa shape index (κ1) is 11.3. The Kier molecular flexibility index (Phi) is 4.73. The van der Waals surface area contributed by atoms with E-state index in [0.717, 1.165) is 24.8 Å². The highest BCUT2D eigenvalue weighted by molar-refractivity contribution is 5.76. The van der Waals surface area contributed by atoms with Crippen LogP contribution in [0.4, 0.5) is 0 Å². The van der Waals surface area contributed by atoms with Crippen molar-refractivity contribution in [3.8, 4) is 0 Å². The number of nitrogens with one attached hydrogen (secondary N) is 1. The molecule has 0 aromatic rings. The van der Waals surface area contributed by atoms with Gasteiger partial charge < -0.3 is 5.73 Å². The SMILES string of the molecule is CC1CCC(CCN=C(N)NO)CC1. The molecular weight excluding hydrogens is 178 g/mol. The van der Waals surface area contributed by atoms with Gasteiger partial charge in [0.15, 0.2) is 0 Å². The predicted molar refractivity (Wildman–Crippen MR) is 57.2 cm³/mol. The number of rotatable bonds is 3. The van der Waals surface area contributed by atoms with Gasteiger partial charge in [0.25, 0.3) is 0 Å². The summed E-state index contributed by atoms with van der Waals surface area (Å²) < 4.78 is 0. The van der Waals surface area contributed by atoms with E-state index in [0.29, 0.717) is 0 Å². The summed E-state index contributed by atoms with van der Waals surface area (Å²) in [7, 11) is 0. The van der Waals surface area contributed by atoms with Gasteiger partial charge in [0.2, 0.25) is 5.96 Å². The fourth-order valence-corrected chi connectivity index (χ4v) is 2.02. The van der Waals surface area contributed by atoms with Gasteiger partial charge in [-0.1, -0.05) is 32.6 Å². The molecule has 0 spiro atoms. The number of nitrogens with two attached hydrogens (primary N) is 1. The monoisotopic (exact) mass is 199 g/mol. The molecule has 1 fully saturated rings. The van der Waals surface area contributed by atoms with Crippen molar-refractivity contribution in [1.82, 2.24) is 5.48 Å². The van der Waals surface area contributed by atoms with Crippen LogP contribution in [-0.4, -0.2) is 17.7 Å². The molecule has 82 valence electrons. The predicted octanol–water partition coefficient (Wildman–Crippen LogP) is 1.50. The fourth-order valence-electron chi connectivity index (χ4n) is 2.02. The van der Waals surface area contributed by atoms with Gasteiger partial charge in [0.05, 0.1) is 0 Å². The lowest BCUT2D eigenvalue weighted by Crippen LogP contribution is -2.28. The van der Waals surface area contributed by atoms with Gasteiger partial charge in [-0.05, 0) is 18.3 Å². The molecule has 1 rings (SSSR count). The van der Waals surface area contributed by atoms with Gasteiger partial charge in [-0.15, -0.1) is 0 Å². The van der Waals surface area contributed by atoms with Crippen LogP contribution in [0.3, 0.4) is 0 Å². The van der Waals surface area contributed by atoms with Crippen LogP contribution in [0.2, 0.25) is 0 Å². The maximum atomic E-state index is 8.40. The second-order valence-electron chi connectivity index (χ2n) is 4.29. The quantitative estimate of drug-likeness (QED) is 0.366. The van der Waals surface area contributed by atoms with Crippen molar-refractivity contribution >= 4 is 5.96 Å². The first-order valence-corrected chi connectivity index (χ1v) is 5.42. The molecule has 0 radical (unpaired) electrons. The Bertz CT molecular complexity index is 186. The highest BCUT2D eigenvalue weighted by Gasteiger charge is 2.17. The molecule has 0 atom stereocenters. The Balaban J connectivity index is 2.13. The largest absolute Gasteiger partial charge is 0.368 e. The molecule has 4 heteroatoms. The van der Waals surface area contributed by atoms with Crippen molar-refractivity contribution in [3.05, 3.63) is 0 Å². The van der Waals surface area contributed by atoms with Crippen LogP contribution in [0.25, 0.3) is 0 Å². The summed E-state index contributed by atoms with van der Waals surface area (Å²) in [6.45, 7) is 3.04. The molecule has 1 saturated carbocycles. The summed E-state index contributed by atoms with van der Waals surface area (Å²) >= 11 is 0. The van der Waals surface area contributed by atoms with Crippen LogP contribution in [0, 0.1) is 11.8 Å². The molecule has 0 unspecified atom stereocenters. The minimum atomic E-state index is 0.120. The van der Waals surface area contributed by atoms with E-state index in [1.807, 2.05) is 5.48 Å². The fraction of sp³-hybridized carbons (Fsp3) is 0.900. The first-order valence-electron chi connectivity index (χ1n) is 5.42. The third kappa shape index (κ3) is 3.96. The second-order valence-corrected chi connectivity index (χ2v) is 4.29. The normalized spacial score (nSPS) is 28.9. The van der Waals surface area contributed by atoms with Gasteiger partial charge in [0.1, 0.15) is 0 Å². The van der Waals surface area contributed by atoms with Crippen molar-refractivity contribution in [2.24, 2.45) is 22.6 Å². The molecule has 0 saturated heterocycles. The summed E-state index contributed by atoms with van der Waals surface area (Å²) in [6.07, 6.45) is 6.44. The molecule has 1 aliphatic carbocycles. The second kappa shape index (κ2) is 5.86. The molecule has 14 heavy (non-hydrogen) atoms.